The summed E-state index contributed by atoms with van der Waals surface area (Å²) in [7, 11) is 1.61. The van der Waals surface area contributed by atoms with Crippen LogP contribution >= 0.6 is 0 Å². The van der Waals surface area contributed by atoms with Crippen molar-refractivity contribution in [3.8, 4) is 0 Å². The lowest BCUT2D eigenvalue weighted by Crippen LogP contribution is -2.49. The highest BCUT2D eigenvalue weighted by molar-refractivity contribution is 5.85. The molecular formula is C20H25NO3. The molecule has 0 aliphatic heterocycles. The molecule has 0 bridgehead atoms. The first-order chi connectivity index (χ1) is 11.5. The van der Waals surface area contributed by atoms with Crippen LogP contribution in [-0.4, -0.2) is 30.3 Å². The average Bonchev–Trinajstić information content (AvgIpc) is 2.63. The number of rotatable bonds is 7. The van der Waals surface area contributed by atoms with Crippen molar-refractivity contribution >= 4 is 5.91 Å². The van der Waals surface area contributed by atoms with Crippen molar-refractivity contribution in [3.05, 3.63) is 71.8 Å². The van der Waals surface area contributed by atoms with Crippen LogP contribution in [0.25, 0.3) is 0 Å². The van der Waals surface area contributed by atoms with Gasteiger partial charge in [-0.3, -0.25) is 4.79 Å². The number of carbonyl (C=O) groups is 1. The van der Waals surface area contributed by atoms with Crippen LogP contribution in [0.15, 0.2) is 60.7 Å². The Hall–Kier alpha value is -2.17. The molecule has 0 spiro atoms. The third-order valence-electron chi connectivity index (χ3n) is 4.51. The van der Waals surface area contributed by atoms with E-state index in [4.69, 9.17) is 4.74 Å². The number of benzene rings is 2. The van der Waals surface area contributed by atoms with Crippen molar-refractivity contribution in [2.45, 2.75) is 31.5 Å². The topological polar surface area (TPSA) is 58.6 Å². The molecule has 0 unspecified atom stereocenters. The second-order valence-electron chi connectivity index (χ2n) is 6.12. The molecule has 0 aromatic heterocycles. The van der Waals surface area contributed by atoms with Crippen molar-refractivity contribution in [2.24, 2.45) is 0 Å². The van der Waals surface area contributed by atoms with Crippen LogP contribution in [0.1, 0.15) is 37.0 Å². The van der Waals surface area contributed by atoms with Gasteiger partial charge in [-0.05, 0) is 18.1 Å². The number of hydrogen-bond acceptors (Lipinski definition) is 3. The molecule has 0 aliphatic carbocycles. The third-order valence-corrected chi connectivity index (χ3v) is 4.51. The Balaban J connectivity index is 2.02. The van der Waals surface area contributed by atoms with Gasteiger partial charge >= 0.3 is 0 Å². The lowest BCUT2D eigenvalue weighted by molar-refractivity contribution is -0.140. The summed E-state index contributed by atoms with van der Waals surface area (Å²) in [6.07, 6.45) is -0.252. The van der Waals surface area contributed by atoms with Crippen molar-refractivity contribution in [3.63, 3.8) is 0 Å². The fourth-order valence-corrected chi connectivity index (χ4v) is 2.63. The monoisotopic (exact) mass is 327 g/mol. The number of methoxy groups -OCH3 is 1. The first-order valence-electron chi connectivity index (χ1n) is 8.10. The van der Waals surface area contributed by atoms with Gasteiger partial charge in [-0.2, -0.15) is 0 Å². The van der Waals surface area contributed by atoms with E-state index < -0.39 is 11.5 Å². The summed E-state index contributed by atoms with van der Waals surface area (Å²) in [6, 6.07) is 19.2. The first-order valence-corrected chi connectivity index (χ1v) is 8.10. The van der Waals surface area contributed by atoms with Crippen LogP contribution in [0, 0.1) is 0 Å². The molecule has 0 saturated carbocycles. The van der Waals surface area contributed by atoms with Gasteiger partial charge in [0.05, 0.1) is 6.10 Å². The second-order valence-corrected chi connectivity index (χ2v) is 6.12. The van der Waals surface area contributed by atoms with Gasteiger partial charge in [-0.25, -0.2) is 0 Å². The molecule has 0 saturated heterocycles. The zero-order chi connectivity index (χ0) is 17.6. The predicted molar refractivity (Wildman–Crippen MR) is 94.7 cm³/mol. The Morgan fingerprint density at radius 3 is 2.08 bits per heavy atom. The minimum Gasteiger partial charge on any atom is -0.380 e. The Morgan fingerprint density at radius 1 is 1.08 bits per heavy atom. The SMILES string of the molecule is CO[C@H](CNC(=O)[C@@](C)(O)[C@H](C)c1ccccc1)c1ccccc1. The van der Waals surface area contributed by atoms with E-state index in [2.05, 4.69) is 5.32 Å². The lowest BCUT2D eigenvalue weighted by Gasteiger charge is -2.30. The van der Waals surface area contributed by atoms with Gasteiger partial charge in [-0.1, -0.05) is 67.6 Å². The first kappa shape index (κ1) is 18.2. The summed E-state index contributed by atoms with van der Waals surface area (Å²) in [6.45, 7) is 3.70. The fraction of sp³-hybridized carbons (Fsp3) is 0.350. The summed E-state index contributed by atoms with van der Waals surface area (Å²) in [5.41, 5.74) is 0.399. The highest BCUT2D eigenvalue weighted by Crippen LogP contribution is 2.28. The van der Waals surface area contributed by atoms with Crippen molar-refractivity contribution in [1.29, 1.82) is 0 Å². The molecule has 0 radical (unpaired) electrons. The normalized spacial score (nSPS) is 16.0. The molecule has 24 heavy (non-hydrogen) atoms. The fourth-order valence-electron chi connectivity index (χ4n) is 2.63. The van der Waals surface area contributed by atoms with Gasteiger partial charge in [0.15, 0.2) is 0 Å². The molecule has 2 aromatic rings. The minimum atomic E-state index is -1.50. The van der Waals surface area contributed by atoms with Gasteiger partial charge in [0.1, 0.15) is 5.60 Å². The maximum Gasteiger partial charge on any atom is 0.252 e. The van der Waals surface area contributed by atoms with E-state index in [0.29, 0.717) is 6.54 Å². The second kappa shape index (κ2) is 8.08. The van der Waals surface area contributed by atoms with E-state index in [1.54, 1.807) is 14.0 Å². The van der Waals surface area contributed by atoms with Crippen LogP contribution in [0.2, 0.25) is 0 Å². The quantitative estimate of drug-likeness (QED) is 0.822. The number of nitrogens with one attached hydrogen (secondary N) is 1. The van der Waals surface area contributed by atoms with E-state index in [1.807, 2.05) is 67.6 Å². The van der Waals surface area contributed by atoms with Crippen LogP contribution in [0.5, 0.6) is 0 Å². The van der Waals surface area contributed by atoms with Crippen molar-refractivity contribution in [2.75, 3.05) is 13.7 Å². The Kier molecular flexibility index (Phi) is 6.12. The van der Waals surface area contributed by atoms with Gasteiger partial charge in [-0.15, -0.1) is 0 Å². The maximum absolute atomic E-state index is 12.5. The molecule has 2 rings (SSSR count). The molecular weight excluding hydrogens is 302 g/mol. The molecule has 0 fully saturated rings. The van der Waals surface area contributed by atoms with E-state index in [9.17, 15) is 9.90 Å². The Bertz CT molecular complexity index is 640. The van der Waals surface area contributed by atoms with E-state index in [0.717, 1.165) is 11.1 Å². The zero-order valence-electron chi connectivity index (χ0n) is 14.4. The Morgan fingerprint density at radius 2 is 1.58 bits per heavy atom. The van der Waals surface area contributed by atoms with E-state index in [-0.39, 0.29) is 12.0 Å². The largest absolute Gasteiger partial charge is 0.380 e. The van der Waals surface area contributed by atoms with Gasteiger partial charge < -0.3 is 15.2 Å². The highest BCUT2D eigenvalue weighted by atomic mass is 16.5. The highest BCUT2D eigenvalue weighted by Gasteiger charge is 2.37. The third kappa shape index (κ3) is 4.22. The van der Waals surface area contributed by atoms with Gasteiger partial charge in [0.25, 0.3) is 5.91 Å². The standard InChI is InChI=1S/C20H25NO3/c1-15(16-10-6-4-7-11-16)20(2,23)19(22)21-14-18(24-3)17-12-8-5-9-13-17/h4-13,15,18,23H,14H2,1-3H3,(H,21,22)/t15-,18-,20+/m1/s1. The zero-order valence-corrected chi connectivity index (χ0v) is 14.4. The summed E-state index contributed by atoms with van der Waals surface area (Å²) in [5.74, 6) is -0.728. The van der Waals surface area contributed by atoms with E-state index in [1.165, 1.54) is 0 Å². The molecule has 0 aliphatic rings. The number of hydrogen-bond donors (Lipinski definition) is 2. The van der Waals surface area contributed by atoms with Gasteiger partial charge in [0.2, 0.25) is 0 Å². The molecule has 2 aromatic carbocycles. The summed E-state index contributed by atoms with van der Waals surface area (Å²) < 4.78 is 5.45. The van der Waals surface area contributed by atoms with Crippen molar-refractivity contribution in [1.82, 2.24) is 5.32 Å². The molecule has 1 amide bonds. The summed E-state index contributed by atoms with van der Waals surface area (Å²) >= 11 is 0. The predicted octanol–water partition coefficient (Wildman–Crippen LogP) is 3.05. The molecule has 2 N–H and O–H groups in total. The molecule has 3 atom stereocenters. The smallest absolute Gasteiger partial charge is 0.252 e. The molecule has 0 heterocycles. The van der Waals surface area contributed by atoms with Crippen molar-refractivity contribution < 1.29 is 14.6 Å². The number of ether oxygens (including phenoxy) is 1. The summed E-state index contributed by atoms with van der Waals surface area (Å²) in [5, 5.41) is 13.5. The Labute approximate surface area is 143 Å². The molecule has 4 heteroatoms. The number of carbonyl (C=O) groups excluding carboxylic acids is 1. The van der Waals surface area contributed by atoms with Crippen LogP contribution in [0.4, 0.5) is 0 Å². The van der Waals surface area contributed by atoms with Gasteiger partial charge in [0, 0.05) is 19.6 Å². The van der Waals surface area contributed by atoms with Crippen LogP contribution in [0.3, 0.4) is 0 Å². The van der Waals surface area contributed by atoms with Crippen LogP contribution < -0.4 is 5.32 Å². The maximum atomic E-state index is 12.5. The molecule has 128 valence electrons. The molecule has 4 nitrogen and oxygen atoms in total. The number of aliphatic hydroxyl groups is 1. The summed E-state index contributed by atoms with van der Waals surface area (Å²) in [4.78, 5) is 12.5. The minimum absolute atomic E-state index is 0.252. The van der Waals surface area contributed by atoms with E-state index >= 15 is 0 Å². The number of amides is 1. The van der Waals surface area contributed by atoms with Crippen LogP contribution in [-0.2, 0) is 9.53 Å². The lowest BCUT2D eigenvalue weighted by atomic mass is 9.84. The average molecular weight is 327 g/mol.